The van der Waals surface area contributed by atoms with Gasteiger partial charge >= 0.3 is 0 Å². The van der Waals surface area contributed by atoms with E-state index in [1.54, 1.807) is 49.6 Å². The van der Waals surface area contributed by atoms with Gasteiger partial charge < -0.3 is 4.74 Å². The molecule has 5 nitrogen and oxygen atoms in total. The molecule has 29 heavy (non-hydrogen) atoms. The van der Waals surface area contributed by atoms with E-state index < -0.39 is 16.1 Å². The molecule has 3 aromatic carbocycles. The van der Waals surface area contributed by atoms with Crippen LogP contribution < -0.4 is 4.74 Å². The number of sulfonamides is 1. The van der Waals surface area contributed by atoms with Crippen LogP contribution in [0.15, 0.2) is 88.9 Å². The summed E-state index contributed by atoms with van der Waals surface area (Å²) in [6.45, 7) is 0. The van der Waals surface area contributed by atoms with Crippen LogP contribution >= 0.6 is 11.6 Å². The normalized spacial score (nSPS) is 16.6. The standard InChI is InChI=1S/C22H19ClN2O3S/c1-28-19-13-9-17(10-14-19)22-15-21(16-7-11-18(23)12-8-16)24-25(22)29(26,27)20-5-3-2-4-6-20/h2-14,22H,15H2,1H3. The zero-order chi connectivity index (χ0) is 20.4. The van der Waals surface area contributed by atoms with Crippen LogP contribution in [0.3, 0.4) is 0 Å². The van der Waals surface area contributed by atoms with Gasteiger partial charge in [0.15, 0.2) is 0 Å². The highest BCUT2D eigenvalue weighted by molar-refractivity contribution is 7.89. The van der Waals surface area contributed by atoms with Crippen molar-refractivity contribution in [2.75, 3.05) is 7.11 Å². The van der Waals surface area contributed by atoms with Crippen molar-refractivity contribution in [2.45, 2.75) is 17.4 Å². The molecule has 0 saturated carbocycles. The zero-order valence-corrected chi connectivity index (χ0v) is 17.3. The van der Waals surface area contributed by atoms with Gasteiger partial charge in [-0.25, -0.2) is 0 Å². The Morgan fingerprint density at radius 1 is 0.966 bits per heavy atom. The van der Waals surface area contributed by atoms with E-state index in [1.165, 1.54) is 4.41 Å². The Morgan fingerprint density at radius 3 is 2.24 bits per heavy atom. The molecule has 3 aromatic rings. The van der Waals surface area contributed by atoms with Crippen LogP contribution in [0.1, 0.15) is 23.6 Å². The van der Waals surface area contributed by atoms with Crippen LogP contribution in [0.25, 0.3) is 0 Å². The molecule has 0 saturated heterocycles. The van der Waals surface area contributed by atoms with Gasteiger partial charge in [0.25, 0.3) is 10.0 Å². The maximum atomic E-state index is 13.3. The van der Waals surface area contributed by atoms with Gasteiger partial charge in [-0.15, -0.1) is 0 Å². The number of hydrazone groups is 1. The van der Waals surface area contributed by atoms with Gasteiger partial charge in [-0.1, -0.05) is 54.1 Å². The van der Waals surface area contributed by atoms with Crippen molar-refractivity contribution in [2.24, 2.45) is 5.10 Å². The monoisotopic (exact) mass is 426 g/mol. The van der Waals surface area contributed by atoms with Crippen molar-refractivity contribution in [1.82, 2.24) is 4.41 Å². The summed E-state index contributed by atoms with van der Waals surface area (Å²) in [5.74, 6) is 0.711. The fraction of sp³-hybridized carbons (Fsp3) is 0.136. The molecule has 0 N–H and O–H groups in total. The Labute approximate surface area is 175 Å². The first-order valence-corrected chi connectivity index (χ1v) is 10.9. The topological polar surface area (TPSA) is 59.0 Å². The van der Waals surface area contributed by atoms with Crippen molar-refractivity contribution >= 4 is 27.3 Å². The SMILES string of the molecule is COc1ccc(C2CC(c3ccc(Cl)cc3)=NN2S(=O)(=O)c2ccccc2)cc1. The summed E-state index contributed by atoms with van der Waals surface area (Å²) in [6.07, 6.45) is 0.458. The maximum absolute atomic E-state index is 13.3. The van der Waals surface area contributed by atoms with Crippen molar-refractivity contribution in [1.29, 1.82) is 0 Å². The lowest BCUT2D eigenvalue weighted by Crippen LogP contribution is -2.27. The molecular formula is C22H19ClN2O3S. The first kappa shape index (κ1) is 19.5. The predicted molar refractivity (Wildman–Crippen MR) is 114 cm³/mol. The van der Waals surface area contributed by atoms with E-state index in [2.05, 4.69) is 5.10 Å². The first-order chi connectivity index (χ1) is 14.0. The minimum absolute atomic E-state index is 0.208. The van der Waals surface area contributed by atoms with E-state index in [9.17, 15) is 8.42 Å². The number of hydrogen-bond donors (Lipinski definition) is 0. The van der Waals surface area contributed by atoms with Gasteiger partial charge in [-0.05, 0) is 47.5 Å². The minimum atomic E-state index is -3.81. The zero-order valence-electron chi connectivity index (χ0n) is 15.7. The smallest absolute Gasteiger partial charge is 0.279 e. The summed E-state index contributed by atoms with van der Waals surface area (Å²) in [5.41, 5.74) is 2.39. The third-order valence-corrected chi connectivity index (χ3v) is 6.79. The first-order valence-electron chi connectivity index (χ1n) is 9.06. The summed E-state index contributed by atoms with van der Waals surface area (Å²) < 4.78 is 33.1. The highest BCUT2D eigenvalue weighted by Gasteiger charge is 2.37. The lowest BCUT2D eigenvalue weighted by atomic mass is 9.99. The van der Waals surface area contributed by atoms with Gasteiger partial charge in [-0.3, -0.25) is 0 Å². The lowest BCUT2D eigenvalue weighted by molar-refractivity contribution is 0.370. The van der Waals surface area contributed by atoms with E-state index in [0.29, 0.717) is 22.9 Å². The second-order valence-electron chi connectivity index (χ2n) is 6.64. The van der Waals surface area contributed by atoms with Gasteiger partial charge in [-0.2, -0.15) is 17.9 Å². The third kappa shape index (κ3) is 3.86. The Bertz CT molecular complexity index is 1130. The van der Waals surface area contributed by atoms with Crippen LogP contribution in [-0.4, -0.2) is 25.7 Å². The van der Waals surface area contributed by atoms with Crippen LogP contribution in [0.5, 0.6) is 5.75 Å². The molecule has 0 bridgehead atoms. The lowest BCUT2D eigenvalue weighted by Gasteiger charge is -2.23. The molecule has 0 radical (unpaired) electrons. The molecule has 1 unspecified atom stereocenters. The number of halogens is 1. The number of hydrogen-bond acceptors (Lipinski definition) is 4. The van der Waals surface area contributed by atoms with Crippen molar-refractivity contribution in [3.63, 3.8) is 0 Å². The summed E-state index contributed by atoms with van der Waals surface area (Å²) in [7, 11) is -2.22. The molecule has 0 aliphatic carbocycles. The van der Waals surface area contributed by atoms with Gasteiger partial charge in [0, 0.05) is 11.4 Å². The fourth-order valence-corrected chi connectivity index (χ4v) is 4.88. The van der Waals surface area contributed by atoms with E-state index >= 15 is 0 Å². The van der Waals surface area contributed by atoms with Crippen molar-refractivity contribution in [3.05, 3.63) is 95.0 Å². The van der Waals surface area contributed by atoms with Crippen LogP contribution in [0.4, 0.5) is 0 Å². The largest absolute Gasteiger partial charge is 0.497 e. The Balaban J connectivity index is 1.78. The van der Waals surface area contributed by atoms with Crippen LogP contribution in [-0.2, 0) is 10.0 Å². The minimum Gasteiger partial charge on any atom is -0.497 e. The van der Waals surface area contributed by atoms with Crippen LogP contribution in [0.2, 0.25) is 5.02 Å². The van der Waals surface area contributed by atoms with E-state index in [1.807, 2.05) is 36.4 Å². The Hall–Kier alpha value is -2.83. The quantitative estimate of drug-likeness (QED) is 0.583. The number of nitrogens with zero attached hydrogens (tertiary/aromatic N) is 2. The second-order valence-corrected chi connectivity index (χ2v) is 8.87. The molecule has 0 aromatic heterocycles. The average Bonchev–Trinajstić information content (AvgIpc) is 3.21. The number of ether oxygens (including phenoxy) is 1. The van der Waals surface area contributed by atoms with Crippen molar-refractivity contribution < 1.29 is 13.2 Å². The highest BCUT2D eigenvalue weighted by atomic mass is 35.5. The second kappa shape index (κ2) is 7.89. The van der Waals surface area contributed by atoms with E-state index in [4.69, 9.17) is 16.3 Å². The summed E-state index contributed by atoms with van der Waals surface area (Å²) in [4.78, 5) is 0.208. The Morgan fingerprint density at radius 2 is 1.62 bits per heavy atom. The summed E-state index contributed by atoms with van der Waals surface area (Å²) >= 11 is 5.99. The molecule has 7 heteroatoms. The molecule has 1 atom stereocenters. The molecular weight excluding hydrogens is 408 g/mol. The average molecular weight is 427 g/mol. The molecule has 4 rings (SSSR count). The molecule has 0 spiro atoms. The third-order valence-electron chi connectivity index (χ3n) is 4.84. The molecule has 0 fully saturated rings. The molecule has 1 aliphatic rings. The predicted octanol–water partition coefficient (Wildman–Crippen LogP) is 4.89. The molecule has 0 amide bonds. The highest BCUT2D eigenvalue weighted by Crippen LogP contribution is 2.37. The van der Waals surface area contributed by atoms with Gasteiger partial charge in [0.1, 0.15) is 5.75 Å². The van der Waals surface area contributed by atoms with Gasteiger partial charge in [0.2, 0.25) is 0 Å². The van der Waals surface area contributed by atoms with E-state index in [-0.39, 0.29) is 4.90 Å². The number of rotatable bonds is 5. The summed E-state index contributed by atoms with van der Waals surface area (Å²) in [5, 5.41) is 5.14. The van der Waals surface area contributed by atoms with Crippen LogP contribution in [0, 0.1) is 0 Å². The fourth-order valence-electron chi connectivity index (χ4n) is 3.30. The van der Waals surface area contributed by atoms with Gasteiger partial charge in [0.05, 0.1) is 23.8 Å². The Kier molecular flexibility index (Phi) is 5.30. The maximum Gasteiger partial charge on any atom is 0.279 e. The number of methoxy groups -OCH3 is 1. The van der Waals surface area contributed by atoms with E-state index in [0.717, 1.165) is 11.1 Å². The molecule has 1 aliphatic heterocycles. The summed E-state index contributed by atoms with van der Waals surface area (Å²) in [6, 6.07) is 22.5. The number of benzene rings is 3. The molecule has 148 valence electrons. The van der Waals surface area contributed by atoms with Crippen molar-refractivity contribution in [3.8, 4) is 5.75 Å². The molecule has 1 heterocycles.